The summed E-state index contributed by atoms with van der Waals surface area (Å²) in [5.41, 5.74) is 7.44. The van der Waals surface area contributed by atoms with Crippen LogP contribution in [0, 0.1) is 6.92 Å². The van der Waals surface area contributed by atoms with Crippen LogP contribution in [0.4, 0.5) is 0 Å². The van der Waals surface area contributed by atoms with Gasteiger partial charge >= 0.3 is 0 Å². The molecule has 1 aromatic carbocycles. The van der Waals surface area contributed by atoms with Crippen LogP contribution >= 0.6 is 0 Å². The summed E-state index contributed by atoms with van der Waals surface area (Å²) in [5, 5.41) is 0. The molecular formula is C25H35N. The first-order chi connectivity index (χ1) is 12.4. The fourth-order valence-corrected chi connectivity index (χ4v) is 3.06. The number of hydrogen-bond acceptors (Lipinski definition) is 1. The molecule has 1 heteroatoms. The van der Waals surface area contributed by atoms with Gasteiger partial charge < -0.3 is 0 Å². The lowest BCUT2D eigenvalue weighted by molar-refractivity contribution is 0.633. The second-order valence-electron chi connectivity index (χ2n) is 7.04. The van der Waals surface area contributed by atoms with E-state index in [1.54, 1.807) is 0 Å². The van der Waals surface area contributed by atoms with Crippen LogP contribution in [0.2, 0.25) is 0 Å². The fraction of sp³-hybridized carbons (Fsp3) is 0.400. The molecule has 0 aromatic heterocycles. The Morgan fingerprint density at radius 1 is 1.00 bits per heavy atom. The third-order valence-electron chi connectivity index (χ3n) is 4.69. The molecule has 0 unspecified atom stereocenters. The Morgan fingerprint density at radius 3 is 2.19 bits per heavy atom. The lowest BCUT2D eigenvalue weighted by Crippen LogP contribution is -2.04. The normalized spacial score (nSPS) is 12.5. The Morgan fingerprint density at radius 2 is 1.62 bits per heavy atom. The molecule has 0 heterocycles. The number of aryl methyl sites for hydroxylation is 1. The second kappa shape index (κ2) is 11.5. The minimum Gasteiger partial charge on any atom is -0.253 e. The van der Waals surface area contributed by atoms with Crippen molar-refractivity contribution in [2.24, 2.45) is 4.99 Å². The zero-order valence-electron chi connectivity index (χ0n) is 17.2. The molecule has 0 atom stereocenters. The van der Waals surface area contributed by atoms with Crippen molar-refractivity contribution in [1.29, 1.82) is 0 Å². The molecule has 26 heavy (non-hydrogen) atoms. The van der Waals surface area contributed by atoms with Crippen LogP contribution in [0.1, 0.15) is 70.4 Å². The summed E-state index contributed by atoms with van der Waals surface area (Å²) < 4.78 is 0. The lowest BCUT2D eigenvalue weighted by atomic mass is 9.93. The first-order valence-corrected chi connectivity index (χ1v) is 9.73. The highest BCUT2D eigenvalue weighted by Gasteiger charge is 2.10. The average Bonchev–Trinajstić information content (AvgIpc) is 2.61. The maximum absolute atomic E-state index is 4.78. The van der Waals surface area contributed by atoms with Crippen molar-refractivity contribution in [1.82, 2.24) is 0 Å². The highest BCUT2D eigenvalue weighted by Crippen LogP contribution is 2.24. The van der Waals surface area contributed by atoms with Gasteiger partial charge in [0, 0.05) is 11.3 Å². The molecule has 0 amide bonds. The third kappa shape index (κ3) is 7.00. The Hall–Kier alpha value is -2.15. The van der Waals surface area contributed by atoms with Gasteiger partial charge in [0.05, 0.1) is 5.70 Å². The van der Waals surface area contributed by atoms with Gasteiger partial charge in [0.2, 0.25) is 0 Å². The van der Waals surface area contributed by atoms with Crippen LogP contribution in [0.5, 0.6) is 0 Å². The van der Waals surface area contributed by atoms with Crippen LogP contribution in [0.3, 0.4) is 0 Å². The second-order valence-corrected chi connectivity index (χ2v) is 7.04. The number of allylic oxidation sites excluding steroid dienone is 4. The zero-order chi connectivity index (χ0) is 19.5. The van der Waals surface area contributed by atoms with Crippen molar-refractivity contribution >= 4 is 11.4 Å². The highest BCUT2D eigenvalue weighted by molar-refractivity contribution is 6.05. The van der Waals surface area contributed by atoms with Gasteiger partial charge in [-0.1, -0.05) is 88.2 Å². The summed E-state index contributed by atoms with van der Waals surface area (Å²) in [5.74, 6) is 0. The lowest BCUT2D eigenvalue weighted by Gasteiger charge is -2.14. The summed E-state index contributed by atoms with van der Waals surface area (Å²) in [6.07, 6.45) is 9.24. The number of nitrogens with zero attached hydrogens (tertiary/aromatic N) is 1. The molecule has 0 N–H and O–H groups in total. The summed E-state index contributed by atoms with van der Waals surface area (Å²) in [6, 6.07) is 8.32. The van der Waals surface area contributed by atoms with Gasteiger partial charge in [0.1, 0.15) is 0 Å². The molecule has 0 saturated carbocycles. The van der Waals surface area contributed by atoms with E-state index in [9.17, 15) is 0 Å². The summed E-state index contributed by atoms with van der Waals surface area (Å²) >= 11 is 0. The van der Waals surface area contributed by atoms with E-state index < -0.39 is 0 Å². The molecule has 1 rings (SSSR count). The van der Waals surface area contributed by atoms with Crippen molar-refractivity contribution in [3.8, 4) is 0 Å². The van der Waals surface area contributed by atoms with E-state index in [0.29, 0.717) is 0 Å². The largest absolute Gasteiger partial charge is 0.253 e. The van der Waals surface area contributed by atoms with Gasteiger partial charge in [-0.25, -0.2) is 0 Å². The fourth-order valence-electron chi connectivity index (χ4n) is 3.06. The van der Waals surface area contributed by atoms with Crippen molar-refractivity contribution in [2.75, 3.05) is 0 Å². The topological polar surface area (TPSA) is 12.4 Å². The molecule has 140 valence electrons. The molecule has 0 bridgehead atoms. The Bertz CT molecular complexity index is 683. The monoisotopic (exact) mass is 349 g/mol. The quantitative estimate of drug-likeness (QED) is 0.219. The van der Waals surface area contributed by atoms with Crippen molar-refractivity contribution in [2.45, 2.75) is 66.2 Å². The van der Waals surface area contributed by atoms with Crippen LogP contribution in [0.25, 0.3) is 5.70 Å². The van der Waals surface area contributed by atoms with E-state index in [0.717, 1.165) is 40.1 Å². The van der Waals surface area contributed by atoms with E-state index in [-0.39, 0.29) is 0 Å². The number of aliphatic imine (C=N–C) groups is 1. The van der Waals surface area contributed by atoms with E-state index in [1.165, 1.54) is 37.7 Å². The van der Waals surface area contributed by atoms with Crippen molar-refractivity contribution < 1.29 is 0 Å². The summed E-state index contributed by atoms with van der Waals surface area (Å²) in [7, 11) is 0. The van der Waals surface area contributed by atoms with E-state index >= 15 is 0 Å². The van der Waals surface area contributed by atoms with E-state index in [4.69, 9.17) is 4.99 Å². The van der Waals surface area contributed by atoms with Crippen molar-refractivity contribution in [3.05, 3.63) is 77.9 Å². The number of rotatable bonds is 11. The Kier molecular flexibility index (Phi) is 9.65. The maximum Gasteiger partial charge on any atom is 0.0633 e. The number of benzene rings is 1. The van der Waals surface area contributed by atoms with Gasteiger partial charge in [0.25, 0.3) is 0 Å². The molecule has 1 aromatic rings. The maximum atomic E-state index is 4.78. The van der Waals surface area contributed by atoms with Crippen LogP contribution in [0.15, 0.2) is 71.8 Å². The Balaban J connectivity index is 2.91. The SMILES string of the molecule is C=C/C(C)=C(/C(=C)CCCCCCC)C(C)=NC(=C)c1ccc(C)cc1. The number of hydrogen-bond donors (Lipinski definition) is 0. The molecule has 1 nitrogen and oxygen atoms in total. The first-order valence-electron chi connectivity index (χ1n) is 9.73. The van der Waals surface area contributed by atoms with E-state index in [1.807, 2.05) is 13.0 Å². The smallest absolute Gasteiger partial charge is 0.0633 e. The predicted octanol–water partition coefficient (Wildman–Crippen LogP) is 7.85. The summed E-state index contributed by atoms with van der Waals surface area (Å²) in [4.78, 5) is 4.78. The van der Waals surface area contributed by atoms with Gasteiger partial charge in [-0.2, -0.15) is 0 Å². The van der Waals surface area contributed by atoms with Gasteiger partial charge in [-0.05, 0) is 50.3 Å². The molecule has 0 fully saturated rings. The van der Waals surface area contributed by atoms with Crippen LogP contribution < -0.4 is 0 Å². The standard InChI is InChI=1S/C25H35N/c1-8-10-11-12-13-14-21(5)25(20(4)9-2)23(7)26-22(6)24-17-15-19(3)16-18-24/h9,15-18H,2,5-6,8,10-14H2,1,3-4,7H3/b25-20-,26-23?. The van der Waals surface area contributed by atoms with Gasteiger partial charge in [0.15, 0.2) is 0 Å². The molecular weight excluding hydrogens is 314 g/mol. The third-order valence-corrected chi connectivity index (χ3v) is 4.69. The zero-order valence-corrected chi connectivity index (χ0v) is 17.2. The minimum absolute atomic E-state index is 0.785. The Labute approximate surface area is 161 Å². The van der Waals surface area contributed by atoms with Gasteiger partial charge in [-0.15, -0.1) is 0 Å². The first kappa shape index (κ1) is 21.9. The van der Waals surface area contributed by atoms with Crippen LogP contribution in [-0.4, -0.2) is 5.71 Å². The molecule has 0 spiro atoms. The summed E-state index contributed by atoms with van der Waals surface area (Å²) in [6.45, 7) is 20.9. The molecule has 0 aliphatic heterocycles. The van der Waals surface area contributed by atoms with Gasteiger partial charge in [-0.3, -0.25) is 4.99 Å². The molecule has 0 radical (unpaired) electrons. The predicted molar refractivity (Wildman–Crippen MR) is 119 cm³/mol. The van der Waals surface area contributed by atoms with E-state index in [2.05, 4.69) is 64.8 Å². The average molecular weight is 350 g/mol. The number of unbranched alkanes of at least 4 members (excludes halogenated alkanes) is 4. The van der Waals surface area contributed by atoms with Crippen molar-refractivity contribution in [3.63, 3.8) is 0 Å². The molecule has 0 aliphatic rings. The van der Waals surface area contributed by atoms with Crippen LogP contribution in [-0.2, 0) is 0 Å². The molecule has 0 saturated heterocycles. The molecule has 0 aliphatic carbocycles. The minimum atomic E-state index is 0.785. The highest BCUT2D eigenvalue weighted by atomic mass is 14.8.